The second-order valence-electron chi connectivity index (χ2n) is 24.8. The Kier molecular flexibility index (Phi) is 69.7. The van der Waals surface area contributed by atoms with E-state index in [1.54, 1.807) is 0 Å². The van der Waals surface area contributed by atoms with E-state index in [1.807, 2.05) is 0 Å². The lowest BCUT2D eigenvalue weighted by Gasteiger charge is -2.21. The van der Waals surface area contributed by atoms with Gasteiger partial charge in [-0.1, -0.05) is 249 Å². The molecule has 3 N–H and O–H groups in total. The number of hydrogen-bond acceptors (Lipinski definition) is 15. The molecular formula is C83H134O17P2. The third kappa shape index (κ3) is 72.8. The highest BCUT2D eigenvalue weighted by Gasteiger charge is 2.30. The summed E-state index contributed by atoms with van der Waals surface area (Å²) < 4.78 is 68.4. The van der Waals surface area contributed by atoms with Gasteiger partial charge in [0.1, 0.15) is 19.3 Å². The van der Waals surface area contributed by atoms with Crippen LogP contribution in [0, 0.1) is 0 Å². The topological polar surface area (TPSA) is 237 Å². The van der Waals surface area contributed by atoms with Crippen molar-refractivity contribution in [2.75, 3.05) is 39.6 Å². The Morgan fingerprint density at radius 2 is 0.510 bits per heavy atom. The number of rotatable bonds is 70. The first-order valence-electron chi connectivity index (χ1n) is 38.4. The van der Waals surface area contributed by atoms with Crippen LogP contribution in [0.3, 0.4) is 0 Å². The first-order valence-corrected chi connectivity index (χ1v) is 41.4. The summed E-state index contributed by atoms with van der Waals surface area (Å²) in [5.74, 6) is -2.32. The SMILES string of the molecule is CC/C=C\C/C=C\C/C=C\C/C=C\CCCCCCCCC(=O)OCC(COP(=O)(O)OCC(O)COP(=O)(O)OCC(COC(=O)CCCC/C=C\C/C=C\C/C=C\C/C=C\CC)OC(=O)CCCC/C=C\C/C=C\C/C=C\C/C=C\CC)OC(=O)CCCCCCC/C=C\C/C=C\CCC. The summed E-state index contributed by atoms with van der Waals surface area (Å²) >= 11 is 0. The molecule has 0 aromatic rings. The van der Waals surface area contributed by atoms with E-state index in [0.717, 1.165) is 186 Å². The van der Waals surface area contributed by atoms with Crippen LogP contribution in [0.2, 0.25) is 0 Å². The Hall–Kier alpha value is -5.58. The number of allylic oxidation sites excluding steroid dienone is 28. The summed E-state index contributed by atoms with van der Waals surface area (Å²) in [7, 11) is -10.00. The predicted octanol–water partition coefficient (Wildman–Crippen LogP) is 22.2. The number of unbranched alkanes of at least 4 members (excludes halogenated alkanes) is 16. The zero-order valence-corrected chi connectivity index (χ0v) is 64.8. The van der Waals surface area contributed by atoms with Gasteiger partial charge >= 0.3 is 39.5 Å². The molecule has 0 aliphatic carbocycles. The van der Waals surface area contributed by atoms with Gasteiger partial charge in [-0.2, -0.15) is 0 Å². The van der Waals surface area contributed by atoms with Gasteiger partial charge in [0.25, 0.3) is 0 Å². The van der Waals surface area contributed by atoms with Gasteiger partial charge in [-0.05, 0) is 167 Å². The standard InChI is InChI=1S/C83H134O17P2/c1-5-9-13-17-21-25-29-33-36-37-38-39-42-45-48-52-56-60-64-68-81(86)94-73-78(99-82(87)69-65-61-57-53-49-43-32-28-24-20-16-12-8-4)75-97-101(89,90)95-71-77(84)72-96-102(91,92)98-76-79(100-83(88)70-66-62-58-54-50-46-41-35-31-27-23-19-15-11-7-3)74-93-80(85)67-63-59-55-51-47-44-40-34-30-26-22-18-14-10-6-2/h9-11,13-16,20-23,25-28,32-36,38-41,47,50-51,54,77-79,84H,5-8,12,17-19,24,29-31,37,42-46,48-49,52-53,55-76H2,1-4H3,(H,89,90)(H,91,92)/b13-9-,14-10-,15-11-,20-16-,25-21-,26-22-,27-23-,32-28-,36-33-,39-38-,40-34-,41-35-,51-47-,54-50-. The highest BCUT2D eigenvalue weighted by Crippen LogP contribution is 2.45. The number of hydrogen-bond donors (Lipinski definition) is 3. The second-order valence-corrected chi connectivity index (χ2v) is 27.7. The van der Waals surface area contributed by atoms with Crippen molar-refractivity contribution in [2.45, 2.75) is 290 Å². The minimum atomic E-state index is -5.00. The van der Waals surface area contributed by atoms with E-state index in [2.05, 4.69) is 198 Å². The van der Waals surface area contributed by atoms with Gasteiger partial charge in [0.05, 0.1) is 26.4 Å². The predicted molar refractivity (Wildman–Crippen MR) is 417 cm³/mol. The van der Waals surface area contributed by atoms with Crippen molar-refractivity contribution in [2.24, 2.45) is 0 Å². The third-order valence-electron chi connectivity index (χ3n) is 15.1. The van der Waals surface area contributed by atoms with Crippen molar-refractivity contribution in [1.29, 1.82) is 0 Å². The highest BCUT2D eigenvalue weighted by molar-refractivity contribution is 7.47. The minimum absolute atomic E-state index is 0.0270. The van der Waals surface area contributed by atoms with Crippen molar-refractivity contribution in [3.05, 3.63) is 170 Å². The lowest BCUT2D eigenvalue weighted by atomic mass is 10.1. The summed E-state index contributed by atoms with van der Waals surface area (Å²) in [6.07, 6.45) is 86.4. The molecule has 0 fully saturated rings. The van der Waals surface area contributed by atoms with Crippen LogP contribution < -0.4 is 0 Å². The maximum atomic E-state index is 13.1. The van der Waals surface area contributed by atoms with Crippen molar-refractivity contribution in [3.63, 3.8) is 0 Å². The Labute approximate surface area is 616 Å². The lowest BCUT2D eigenvalue weighted by Crippen LogP contribution is -2.30. The van der Waals surface area contributed by atoms with Crippen molar-refractivity contribution in [3.8, 4) is 0 Å². The zero-order valence-electron chi connectivity index (χ0n) is 63.0. The molecule has 0 saturated carbocycles. The number of esters is 4. The Balaban J connectivity index is 5.44. The molecule has 0 aliphatic rings. The van der Waals surface area contributed by atoms with Crippen LogP contribution in [0.1, 0.15) is 272 Å². The van der Waals surface area contributed by atoms with Crippen LogP contribution in [-0.2, 0) is 65.4 Å². The summed E-state index contributed by atoms with van der Waals surface area (Å²) in [6.45, 7) is 4.31. The van der Waals surface area contributed by atoms with Crippen LogP contribution in [0.25, 0.3) is 0 Å². The molecule has 102 heavy (non-hydrogen) atoms. The summed E-state index contributed by atoms with van der Waals surface area (Å²) in [6, 6.07) is 0. The van der Waals surface area contributed by atoms with Crippen molar-refractivity contribution >= 4 is 39.5 Å². The molecule has 0 spiro atoms. The van der Waals surface area contributed by atoms with Gasteiger partial charge in [-0.15, -0.1) is 0 Å². The number of phosphoric acid groups is 2. The summed E-state index contributed by atoms with van der Waals surface area (Å²) in [5.41, 5.74) is 0. The number of phosphoric ester groups is 2. The van der Waals surface area contributed by atoms with Crippen LogP contribution in [0.15, 0.2) is 170 Å². The quantitative estimate of drug-likeness (QED) is 0.0169. The van der Waals surface area contributed by atoms with E-state index in [0.29, 0.717) is 32.1 Å². The number of carbonyl (C=O) groups excluding carboxylic acids is 4. The zero-order chi connectivity index (χ0) is 74.6. The fourth-order valence-electron chi connectivity index (χ4n) is 9.41. The summed E-state index contributed by atoms with van der Waals surface area (Å²) in [4.78, 5) is 72.9. The number of ether oxygens (including phenoxy) is 4. The Morgan fingerprint density at radius 1 is 0.284 bits per heavy atom. The van der Waals surface area contributed by atoms with E-state index in [4.69, 9.17) is 37.0 Å². The molecule has 0 aliphatic heterocycles. The number of aliphatic hydroxyl groups is 1. The molecule has 17 nitrogen and oxygen atoms in total. The van der Waals surface area contributed by atoms with E-state index in [9.17, 15) is 43.2 Å². The molecule has 19 heteroatoms. The van der Waals surface area contributed by atoms with Gasteiger partial charge in [0.15, 0.2) is 12.2 Å². The van der Waals surface area contributed by atoms with Gasteiger partial charge < -0.3 is 33.8 Å². The van der Waals surface area contributed by atoms with Gasteiger partial charge in [0.2, 0.25) is 0 Å². The molecule has 0 rings (SSSR count). The van der Waals surface area contributed by atoms with Gasteiger partial charge in [-0.25, -0.2) is 9.13 Å². The van der Waals surface area contributed by atoms with E-state index in [-0.39, 0.29) is 25.7 Å². The Bertz CT molecular complexity index is 2600. The van der Waals surface area contributed by atoms with E-state index >= 15 is 0 Å². The molecule has 0 saturated heterocycles. The van der Waals surface area contributed by atoms with E-state index in [1.165, 1.54) is 0 Å². The lowest BCUT2D eigenvalue weighted by molar-refractivity contribution is -0.161. The van der Waals surface area contributed by atoms with Crippen LogP contribution in [0.4, 0.5) is 0 Å². The third-order valence-corrected chi connectivity index (χ3v) is 17.0. The molecule has 0 aromatic carbocycles. The molecule has 5 atom stereocenters. The molecule has 0 amide bonds. The Morgan fingerprint density at radius 3 is 0.804 bits per heavy atom. The number of aliphatic hydroxyl groups excluding tert-OH is 1. The van der Waals surface area contributed by atoms with Crippen LogP contribution in [0.5, 0.6) is 0 Å². The number of carbonyl (C=O) groups is 4. The maximum Gasteiger partial charge on any atom is 0.472 e. The maximum absolute atomic E-state index is 13.1. The molecule has 0 bridgehead atoms. The molecule has 578 valence electrons. The first-order chi connectivity index (χ1) is 49.7. The first kappa shape index (κ1) is 96.4. The summed E-state index contributed by atoms with van der Waals surface area (Å²) in [5, 5.41) is 10.6. The highest BCUT2D eigenvalue weighted by atomic mass is 31.2. The molecule has 0 aromatic heterocycles. The normalized spacial score (nSPS) is 14.9. The fraction of sp³-hybridized carbons (Fsp3) is 0.614. The smallest absolute Gasteiger partial charge is 0.462 e. The molecule has 0 heterocycles. The van der Waals surface area contributed by atoms with E-state index < -0.39 is 97.5 Å². The van der Waals surface area contributed by atoms with Crippen molar-refractivity contribution in [1.82, 2.24) is 0 Å². The van der Waals surface area contributed by atoms with Crippen LogP contribution in [-0.4, -0.2) is 96.7 Å². The second kappa shape index (κ2) is 73.7. The molecule has 5 unspecified atom stereocenters. The van der Waals surface area contributed by atoms with Gasteiger partial charge in [0, 0.05) is 25.7 Å². The average Bonchev–Trinajstić information content (AvgIpc) is 0.908. The van der Waals surface area contributed by atoms with Gasteiger partial charge in [-0.3, -0.25) is 37.3 Å². The molecular weight excluding hydrogens is 1330 g/mol. The monoisotopic (exact) mass is 1460 g/mol. The van der Waals surface area contributed by atoms with Crippen LogP contribution >= 0.6 is 15.6 Å². The minimum Gasteiger partial charge on any atom is -0.462 e. The molecule has 0 radical (unpaired) electrons. The fourth-order valence-corrected chi connectivity index (χ4v) is 11.0. The van der Waals surface area contributed by atoms with Crippen molar-refractivity contribution < 1.29 is 80.2 Å². The average molecular weight is 1470 g/mol. The largest absolute Gasteiger partial charge is 0.472 e.